The number of benzene rings is 1. The van der Waals surface area contributed by atoms with E-state index < -0.39 is 16.6 Å². The van der Waals surface area contributed by atoms with E-state index in [-0.39, 0.29) is 24.0 Å². The van der Waals surface area contributed by atoms with Crippen molar-refractivity contribution in [3.05, 3.63) is 53.7 Å². The molecule has 0 radical (unpaired) electrons. The van der Waals surface area contributed by atoms with Gasteiger partial charge in [0, 0.05) is 5.75 Å². The zero-order chi connectivity index (χ0) is 20.9. The summed E-state index contributed by atoms with van der Waals surface area (Å²) in [6.07, 6.45) is 2.51. The van der Waals surface area contributed by atoms with E-state index in [1.54, 1.807) is 42.4 Å². The van der Waals surface area contributed by atoms with E-state index in [4.69, 9.17) is 25.8 Å². The second kappa shape index (κ2) is 7.19. The van der Waals surface area contributed by atoms with Gasteiger partial charge in [0.15, 0.2) is 21.5 Å². The highest BCUT2D eigenvalue weighted by Crippen LogP contribution is 2.52. The van der Waals surface area contributed by atoms with Gasteiger partial charge in [-0.3, -0.25) is 4.57 Å². The number of esters is 1. The van der Waals surface area contributed by atoms with E-state index in [0.717, 1.165) is 0 Å². The first-order chi connectivity index (χ1) is 14.4. The lowest BCUT2D eigenvalue weighted by molar-refractivity contribution is -0.153. The Labute approximate surface area is 181 Å². The van der Waals surface area contributed by atoms with Crippen LogP contribution in [-0.4, -0.2) is 55.8 Å². The van der Waals surface area contributed by atoms with Gasteiger partial charge in [-0.1, -0.05) is 29.8 Å². The van der Waals surface area contributed by atoms with E-state index >= 15 is 0 Å². The van der Waals surface area contributed by atoms with Crippen LogP contribution in [0.3, 0.4) is 0 Å². The summed E-state index contributed by atoms with van der Waals surface area (Å²) >= 11 is 7.80. The van der Waals surface area contributed by atoms with Gasteiger partial charge in [-0.25, -0.2) is 19.7 Å². The van der Waals surface area contributed by atoms with Crippen LogP contribution in [0, 0.1) is 0 Å². The zero-order valence-electron chi connectivity index (χ0n) is 16.3. The lowest BCUT2D eigenvalue weighted by Crippen LogP contribution is -2.46. The number of carbonyl (C=O) groups excluding carboxylic acids is 1. The molecule has 156 valence electrons. The Morgan fingerprint density at radius 2 is 2.07 bits per heavy atom. The predicted molar refractivity (Wildman–Crippen MR) is 111 cm³/mol. The summed E-state index contributed by atoms with van der Waals surface area (Å²) in [5.74, 6) is -0.474. The molecule has 0 amide bonds. The molecule has 10 heteroatoms. The fourth-order valence-electron chi connectivity index (χ4n) is 3.96. The number of imidazole rings is 1. The Morgan fingerprint density at radius 1 is 1.27 bits per heavy atom. The molecule has 0 bridgehead atoms. The maximum absolute atomic E-state index is 12.7. The van der Waals surface area contributed by atoms with Crippen molar-refractivity contribution >= 4 is 40.5 Å². The summed E-state index contributed by atoms with van der Waals surface area (Å²) in [7, 11) is 0. The SMILES string of the molecule is CC1(C)O[C@H]2CS[C@](COC(=O)c3ccccc3)(n3cnc4c(Cl)ncnc43)[C@H]2O1. The molecule has 30 heavy (non-hydrogen) atoms. The third kappa shape index (κ3) is 3.17. The van der Waals surface area contributed by atoms with Crippen LogP contribution in [0.2, 0.25) is 5.15 Å². The monoisotopic (exact) mass is 446 g/mol. The molecule has 0 unspecified atom stereocenters. The first-order valence-corrected chi connectivity index (χ1v) is 10.8. The Kier molecular flexibility index (Phi) is 4.73. The summed E-state index contributed by atoms with van der Waals surface area (Å²) < 4.78 is 20.0. The molecule has 0 aliphatic carbocycles. The fourth-order valence-corrected chi connectivity index (χ4v) is 5.61. The van der Waals surface area contributed by atoms with Crippen molar-refractivity contribution in [2.75, 3.05) is 12.4 Å². The van der Waals surface area contributed by atoms with Crippen LogP contribution in [0.25, 0.3) is 11.2 Å². The highest BCUT2D eigenvalue weighted by molar-refractivity contribution is 8.00. The highest BCUT2D eigenvalue weighted by atomic mass is 35.5. The number of fused-ring (bicyclic) bond motifs is 2. The topological polar surface area (TPSA) is 88.4 Å². The number of ether oxygens (including phenoxy) is 3. The van der Waals surface area contributed by atoms with Crippen LogP contribution in [0.5, 0.6) is 0 Å². The van der Waals surface area contributed by atoms with E-state index in [9.17, 15) is 4.79 Å². The number of hydrogen-bond acceptors (Lipinski definition) is 8. The first-order valence-electron chi connectivity index (χ1n) is 9.45. The van der Waals surface area contributed by atoms with Gasteiger partial charge >= 0.3 is 5.97 Å². The predicted octanol–water partition coefficient (Wildman–Crippen LogP) is 3.26. The quantitative estimate of drug-likeness (QED) is 0.445. The van der Waals surface area contributed by atoms with Crippen LogP contribution in [0.1, 0.15) is 24.2 Å². The molecule has 2 aromatic heterocycles. The third-order valence-electron chi connectivity index (χ3n) is 5.24. The smallest absolute Gasteiger partial charge is 0.338 e. The van der Waals surface area contributed by atoms with Gasteiger partial charge < -0.3 is 14.2 Å². The zero-order valence-corrected chi connectivity index (χ0v) is 17.9. The van der Waals surface area contributed by atoms with Crippen LogP contribution in [-0.2, 0) is 19.1 Å². The first kappa shape index (κ1) is 19.7. The van der Waals surface area contributed by atoms with Gasteiger partial charge in [0.05, 0.1) is 18.0 Å². The minimum Gasteiger partial charge on any atom is -0.459 e. The van der Waals surface area contributed by atoms with Crippen molar-refractivity contribution in [3.8, 4) is 0 Å². The summed E-state index contributed by atoms with van der Waals surface area (Å²) in [4.78, 5) is 24.7. The number of rotatable bonds is 4. The van der Waals surface area contributed by atoms with Crippen LogP contribution in [0.4, 0.5) is 0 Å². The molecule has 0 spiro atoms. The number of halogens is 1. The van der Waals surface area contributed by atoms with Crippen LogP contribution in [0.15, 0.2) is 43.0 Å². The van der Waals surface area contributed by atoms with Crippen LogP contribution >= 0.6 is 23.4 Å². The molecular formula is C20H19ClN4O4S. The van der Waals surface area contributed by atoms with Gasteiger partial charge in [0.2, 0.25) is 0 Å². The van der Waals surface area contributed by atoms with Gasteiger partial charge in [0.25, 0.3) is 0 Å². The molecule has 0 saturated carbocycles. The molecule has 5 rings (SSSR count). The maximum Gasteiger partial charge on any atom is 0.338 e. The average Bonchev–Trinajstić information content (AvgIpc) is 3.39. The van der Waals surface area contributed by atoms with Crippen molar-refractivity contribution in [3.63, 3.8) is 0 Å². The number of aromatic nitrogens is 4. The molecule has 3 aromatic rings. The minimum absolute atomic E-state index is 0.0546. The summed E-state index contributed by atoms with van der Waals surface area (Å²) in [6, 6.07) is 8.88. The van der Waals surface area contributed by atoms with Gasteiger partial charge in [-0.15, -0.1) is 11.8 Å². The molecule has 8 nitrogen and oxygen atoms in total. The summed E-state index contributed by atoms with van der Waals surface area (Å²) in [5, 5.41) is 0.263. The third-order valence-corrected chi connectivity index (χ3v) is 7.06. The van der Waals surface area contributed by atoms with Crippen molar-refractivity contribution in [1.29, 1.82) is 0 Å². The number of hydrogen-bond donors (Lipinski definition) is 0. The lowest BCUT2D eigenvalue weighted by atomic mass is 10.1. The Balaban J connectivity index is 1.55. The van der Waals surface area contributed by atoms with Crippen LogP contribution < -0.4 is 0 Å². The molecule has 2 fully saturated rings. The molecule has 2 aliphatic heterocycles. The normalized spacial score (nSPS) is 27.3. The average molecular weight is 447 g/mol. The maximum atomic E-state index is 12.7. The van der Waals surface area contributed by atoms with E-state index in [1.165, 1.54) is 6.33 Å². The lowest BCUT2D eigenvalue weighted by Gasteiger charge is -2.35. The molecule has 2 aliphatic rings. The van der Waals surface area contributed by atoms with E-state index in [1.807, 2.05) is 24.5 Å². The molecule has 2 saturated heterocycles. The summed E-state index contributed by atoms with van der Waals surface area (Å²) in [5.41, 5.74) is 1.51. The second-order valence-corrected chi connectivity index (χ2v) is 9.33. The molecule has 0 N–H and O–H groups in total. The molecular weight excluding hydrogens is 428 g/mol. The molecule has 4 heterocycles. The van der Waals surface area contributed by atoms with Crippen molar-refractivity contribution in [1.82, 2.24) is 19.5 Å². The Bertz CT molecular complexity index is 1110. The number of carbonyl (C=O) groups is 1. The minimum atomic E-state index is -0.810. The largest absolute Gasteiger partial charge is 0.459 e. The van der Waals surface area contributed by atoms with Gasteiger partial charge in [0.1, 0.15) is 24.6 Å². The van der Waals surface area contributed by atoms with Crippen molar-refractivity contribution in [2.45, 2.75) is 36.7 Å². The van der Waals surface area contributed by atoms with E-state index in [0.29, 0.717) is 22.5 Å². The van der Waals surface area contributed by atoms with Crippen molar-refractivity contribution in [2.24, 2.45) is 0 Å². The number of nitrogens with zero attached hydrogens (tertiary/aromatic N) is 4. The Morgan fingerprint density at radius 3 is 2.87 bits per heavy atom. The number of thioether (sulfide) groups is 1. The Hall–Kier alpha value is -2.20. The standard InChI is InChI=1S/C20H19ClN4O4S/c1-19(2)28-13-8-30-20(15(13)29-19,9-27-18(26)12-6-4-3-5-7-12)25-11-24-14-16(21)22-10-23-17(14)25/h3-7,10-11,13,15H,8-9H2,1-2H3/t13-,15-,20-/m0/s1. The molecule has 1 aromatic carbocycles. The summed E-state index contributed by atoms with van der Waals surface area (Å²) in [6.45, 7) is 3.81. The van der Waals surface area contributed by atoms with Gasteiger partial charge in [-0.05, 0) is 26.0 Å². The van der Waals surface area contributed by atoms with Crippen molar-refractivity contribution < 1.29 is 19.0 Å². The second-order valence-electron chi connectivity index (χ2n) is 7.64. The molecule has 3 atom stereocenters. The fraction of sp³-hybridized carbons (Fsp3) is 0.400. The van der Waals surface area contributed by atoms with E-state index in [2.05, 4.69) is 15.0 Å². The highest BCUT2D eigenvalue weighted by Gasteiger charge is 2.60. The van der Waals surface area contributed by atoms with Gasteiger partial charge in [-0.2, -0.15) is 0 Å².